The SMILES string of the molecule is COC(=O)C1=CCCO1. The van der Waals surface area contributed by atoms with Crippen LogP contribution in [0.25, 0.3) is 0 Å². The molecule has 1 aliphatic rings. The van der Waals surface area contributed by atoms with Gasteiger partial charge in [-0.15, -0.1) is 0 Å². The van der Waals surface area contributed by atoms with Gasteiger partial charge in [-0.25, -0.2) is 4.79 Å². The van der Waals surface area contributed by atoms with E-state index in [2.05, 4.69) is 4.74 Å². The lowest BCUT2D eigenvalue weighted by atomic mass is 10.4. The Morgan fingerprint density at radius 2 is 2.67 bits per heavy atom. The highest BCUT2D eigenvalue weighted by molar-refractivity contribution is 5.86. The van der Waals surface area contributed by atoms with E-state index in [0.29, 0.717) is 12.4 Å². The van der Waals surface area contributed by atoms with Gasteiger partial charge in [-0.3, -0.25) is 0 Å². The first-order chi connectivity index (χ1) is 4.34. The van der Waals surface area contributed by atoms with Crippen molar-refractivity contribution in [2.24, 2.45) is 0 Å². The molecule has 1 heterocycles. The highest BCUT2D eigenvalue weighted by atomic mass is 16.6. The van der Waals surface area contributed by atoms with Crippen LogP contribution in [0.1, 0.15) is 6.42 Å². The first kappa shape index (κ1) is 6.13. The van der Waals surface area contributed by atoms with Crippen LogP contribution in [0.5, 0.6) is 0 Å². The van der Waals surface area contributed by atoms with Crippen LogP contribution in [0.3, 0.4) is 0 Å². The van der Waals surface area contributed by atoms with E-state index in [-0.39, 0.29) is 5.97 Å². The molecule has 0 aromatic carbocycles. The van der Waals surface area contributed by atoms with Gasteiger partial charge in [0.05, 0.1) is 13.7 Å². The van der Waals surface area contributed by atoms with Gasteiger partial charge in [-0.2, -0.15) is 0 Å². The number of methoxy groups -OCH3 is 1. The summed E-state index contributed by atoms with van der Waals surface area (Å²) in [6.45, 7) is 0.602. The summed E-state index contributed by atoms with van der Waals surface area (Å²) in [6, 6.07) is 0. The van der Waals surface area contributed by atoms with Crippen LogP contribution in [0.15, 0.2) is 11.8 Å². The monoisotopic (exact) mass is 128 g/mol. The van der Waals surface area contributed by atoms with Crippen LogP contribution >= 0.6 is 0 Å². The molecule has 1 aliphatic heterocycles. The van der Waals surface area contributed by atoms with E-state index in [1.165, 1.54) is 7.11 Å². The molecule has 0 saturated heterocycles. The highest BCUT2D eigenvalue weighted by Crippen LogP contribution is 2.09. The third-order valence-corrected chi connectivity index (χ3v) is 1.09. The second-order valence-electron chi connectivity index (χ2n) is 1.70. The fourth-order valence-corrected chi connectivity index (χ4v) is 0.661. The molecule has 0 spiro atoms. The summed E-state index contributed by atoms with van der Waals surface area (Å²) in [4.78, 5) is 10.6. The summed E-state index contributed by atoms with van der Waals surface area (Å²) in [6.07, 6.45) is 2.54. The van der Waals surface area contributed by atoms with Crippen molar-refractivity contribution in [1.29, 1.82) is 0 Å². The molecule has 3 heteroatoms. The maximum Gasteiger partial charge on any atom is 0.372 e. The number of rotatable bonds is 1. The van der Waals surface area contributed by atoms with Gasteiger partial charge in [0.1, 0.15) is 0 Å². The summed E-state index contributed by atoms with van der Waals surface area (Å²) in [7, 11) is 1.34. The van der Waals surface area contributed by atoms with Gasteiger partial charge in [0.15, 0.2) is 0 Å². The van der Waals surface area contributed by atoms with E-state index in [0.717, 1.165) is 6.42 Å². The molecule has 0 saturated carbocycles. The van der Waals surface area contributed by atoms with E-state index in [1.807, 2.05) is 0 Å². The third kappa shape index (κ3) is 1.22. The molecular weight excluding hydrogens is 120 g/mol. The Bertz CT molecular complexity index is 148. The van der Waals surface area contributed by atoms with Crippen molar-refractivity contribution in [3.05, 3.63) is 11.8 Å². The molecule has 0 unspecified atom stereocenters. The molecule has 1 rings (SSSR count). The first-order valence-electron chi connectivity index (χ1n) is 2.76. The van der Waals surface area contributed by atoms with Crippen molar-refractivity contribution < 1.29 is 14.3 Å². The summed E-state index contributed by atoms with van der Waals surface area (Å²) in [5.41, 5.74) is 0. The van der Waals surface area contributed by atoms with Crippen LogP contribution in [0, 0.1) is 0 Å². The number of carbonyl (C=O) groups is 1. The Balaban J connectivity index is 2.51. The Labute approximate surface area is 53.3 Å². The Kier molecular flexibility index (Phi) is 1.72. The van der Waals surface area contributed by atoms with E-state index in [1.54, 1.807) is 6.08 Å². The van der Waals surface area contributed by atoms with Crippen molar-refractivity contribution in [2.45, 2.75) is 6.42 Å². The fourth-order valence-electron chi connectivity index (χ4n) is 0.661. The van der Waals surface area contributed by atoms with E-state index in [9.17, 15) is 4.79 Å². The normalized spacial score (nSPS) is 16.3. The molecule has 0 bridgehead atoms. The molecule has 3 nitrogen and oxygen atoms in total. The van der Waals surface area contributed by atoms with Gasteiger partial charge < -0.3 is 9.47 Å². The zero-order chi connectivity index (χ0) is 6.69. The summed E-state index contributed by atoms with van der Waals surface area (Å²) < 4.78 is 9.29. The van der Waals surface area contributed by atoms with Crippen molar-refractivity contribution >= 4 is 5.97 Å². The van der Waals surface area contributed by atoms with Gasteiger partial charge in [0.25, 0.3) is 0 Å². The second kappa shape index (κ2) is 2.53. The summed E-state index contributed by atoms with van der Waals surface area (Å²) in [5.74, 6) is -0.0370. The molecule has 0 radical (unpaired) electrons. The van der Waals surface area contributed by atoms with Gasteiger partial charge in [0, 0.05) is 6.42 Å². The molecule has 9 heavy (non-hydrogen) atoms. The van der Waals surface area contributed by atoms with Crippen LogP contribution in [-0.2, 0) is 14.3 Å². The number of carbonyl (C=O) groups excluding carboxylic acids is 1. The van der Waals surface area contributed by atoms with E-state index >= 15 is 0 Å². The minimum Gasteiger partial charge on any atom is -0.486 e. The molecule has 0 N–H and O–H groups in total. The first-order valence-corrected chi connectivity index (χ1v) is 2.76. The number of hydrogen-bond donors (Lipinski definition) is 0. The predicted octanol–water partition coefficient (Wildman–Crippen LogP) is 0.464. The quantitative estimate of drug-likeness (QED) is 0.481. The van der Waals surface area contributed by atoms with Gasteiger partial charge in [0.2, 0.25) is 5.76 Å². The van der Waals surface area contributed by atoms with Crippen molar-refractivity contribution in [3.8, 4) is 0 Å². The lowest BCUT2D eigenvalue weighted by molar-refractivity contribution is -0.139. The molecule has 0 fully saturated rings. The zero-order valence-corrected chi connectivity index (χ0v) is 5.22. The number of esters is 1. The van der Waals surface area contributed by atoms with Gasteiger partial charge in [-0.1, -0.05) is 0 Å². The van der Waals surface area contributed by atoms with Crippen LogP contribution in [0.4, 0.5) is 0 Å². The Morgan fingerprint density at radius 3 is 3.11 bits per heavy atom. The molecule has 0 aliphatic carbocycles. The Hall–Kier alpha value is -0.990. The molecular formula is C6H8O3. The minimum atomic E-state index is -0.382. The molecule has 0 aromatic rings. The molecule has 0 amide bonds. The maximum atomic E-state index is 10.6. The highest BCUT2D eigenvalue weighted by Gasteiger charge is 2.13. The van der Waals surface area contributed by atoms with Gasteiger partial charge in [-0.05, 0) is 6.08 Å². The standard InChI is InChI=1S/C6H8O3/c1-8-6(7)5-3-2-4-9-5/h3H,2,4H2,1H3. The van der Waals surface area contributed by atoms with Crippen molar-refractivity contribution in [3.63, 3.8) is 0 Å². The van der Waals surface area contributed by atoms with Crippen LogP contribution < -0.4 is 0 Å². The van der Waals surface area contributed by atoms with Crippen molar-refractivity contribution in [1.82, 2.24) is 0 Å². The second-order valence-corrected chi connectivity index (χ2v) is 1.70. The Morgan fingerprint density at radius 1 is 1.89 bits per heavy atom. The van der Waals surface area contributed by atoms with Crippen LogP contribution in [-0.4, -0.2) is 19.7 Å². The zero-order valence-electron chi connectivity index (χ0n) is 5.22. The van der Waals surface area contributed by atoms with Crippen molar-refractivity contribution in [2.75, 3.05) is 13.7 Å². The van der Waals surface area contributed by atoms with Gasteiger partial charge >= 0.3 is 5.97 Å². The fraction of sp³-hybridized carbons (Fsp3) is 0.500. The molecule has 0 aromatic heterocycles. The van der Waals surface area contributed by atoms with E-state index < -0.39 is 0 Å². The molecule has 0 atom stereocenters. The smallest absolute Gasteiger partial charge is 0.372 e. The lowest BCUT2D eigenvalue weighted by Crippen LogP contribution is -2.04. The number of ether oxygens (including phenoxy) is 2. The number of hydrogen-bond acceptors (Lipinski definition) is 3. The maximum absolute atomic E-state index is 10.6. The summed E-state index contributed by atoms with van der Waals surface area (Å²) >= 11 is 0. The topological polar surface area (TPSA) is 35.5 Å². The lowest BCUT2D eigenvalue weighted by Gasteiger charge is -1.98. The summed E-state index contributed by atoms with van der Waals surface area (Å²) in [5, 5.41) is 0. The largest absolute Gasteiger partial charge is 0.486 e. The third-order valence-electron chi connectivity index (χ3n) is 1.09. The average molecular weight is 128 g/mol. The molecule has 50 valence electrons. The van der Waals surface area contributed by atoms with Crippen LogP contribution in [0.2, 0.25) is 0 Å². The minimum absolute atomic E-state index is 0.345. The van der Waals surface area contributed by atoms with E-state index in [4.69, 9.17) is 4.74 Å². The average Bonchev–Trinajstić information content (AvgIpc) is 2.37. The predicted molar refractivity (Wildman–Crippen MR) is 30.7 cm³/mol.